The normalized spacial score (nSPS) is 10.4. The lowest BCUT2D eigenvalue weighted by Gasteiger charge is -2.07. The number of Topliss-reactive ketones (excluding diaryl/α,β-unsaturated/α-hetero) is 1. The van der Waals surface area contributed by atoms with Crippen LogP contribution in [0, 0.1) is 5.82 Å². The number of carbonyl (C=O) groups excluding carboxylic acids is 2. The average molecular weight is 354 g/mol. The van der Waals surface area contributed by atoms with E-state index in [0.29, 0.717) is 15.6 Å². The Labute approximate surface area is 143 Å². The molecule has 0 fully saturated rings. The van der Waals surface area contributed by atoms with Gasteiger partial charge in [0.25, 0.3) is 0 Å². The smallest absolute Gasteiger partial charge is 0.220 e. The van der Waals surface area contributed by atoms with Gasteiger partial charge in [-0.2, -0.15) is 0 Å². The van der Waals surface area contributed by atoms with E-state index in [4.69, 9.17) is 23.2 Å². The lowest BCUT2D eigenvalue weighted by Crippen LogP contribution is -2.23. The number of hydrogen-bond donors (Lipinski definition) is 1. The third-order valence-corrected chi connectivity index (χ3v) is 3.82. The number of halogens is 3. The van der Waals surface area contributed by atoms with Crippen LogP contribution in [0.1, 0.15) is 28.8 Å². The minimum Gasteiger partial charge on any atom is -0.352 e. The van der Waals surface area contributed by atoms with Crippen LogP contribution in [0.15, 0.2) is 42.5 Å². The van der Waals surface area contributed by atoms with E-state index in [2.05, 4.69) is 5.32 Å². The quantitative estimate of drug-likeness (QED) is 0.781. The summed E-state index contributed by atoms with van der Waals surface area (Å²) in [5.74, 6) is -0.865. The van der Waals surface area contributed by atoms with Gasteiger partial charge in [-0.1, -0.05) is 29.3 Å². The van der Waals surface area contributed by atoms with E-state index in [1.165, 1.54) is 24.3 Å². The van der Waals surface area contributed by atoms with Crippen LogP contribution in [0.3, 0.4) is 0 Å². The summed E-state index contributed by atoms with van der Waals surface area (Å²) in [6.07, 6.45) is 0.118. The van der Waals surface area contributed by atoms with Gasteiger partial charge >= 0.3 is 0 Å². The van der Waals surface area contributed by atoms with Crippen LogP contribution in [0.5, 0.6) is 0 Å². The zero-order valence-corrected chi connectivity index (χ0v) is 13.6. The summed E-state index contributed by atoms with van der Waals surface area (Å²) in [5, 5.41) is 3.69. The van der Waals surface area contributed by atoms with Crippen molar-refractivity contribution in [2.24, 2.45) is 0 Å². The monoisotopic (exact) mass is 353 g/mol. The largest absolute Gasteiger partial charge is 0.352 e. The van der Waals surface area contributed by atoms with Gasteiger partial charge in [-0.15, -0.1) is 0 Å². The van der Waals surface area contributed by atoms with E-state index in [0.717, 1.165) is 5.56 Å². The van der Waals surface area contributed by atoms with Crippen molar-refractivity contribution in [3.63, 3.8) is 0 Å². The highest BCUT2D eigenvalue weighted by atomic mass is 35.5. The summed E-state index contributed by atoms with van der Waals surface area (Å²) in [7, 11) is 0. The number of carbonyl (C=O) groups is 2. The first-order valence-corrected chi connectivity index (χ1v) is 7.70. The molecular formula is C17H14Cl2FNO2. The Hall–Kier alpha value is -1.91. The van der Waals surface area contributed by atoms with Crippen LogP contribution in [0.4, 0.5) is 4.39 Å². The molecule has 2 aromatic rings. The Bertz CT molecular complexity index is 717. The van der Waals surface area contributed by atoms with E-state index < -0.39 is 5.82 Å². The van der Waals surface area contributed by atoms with Crippen molar-refractivity contribution in [2.45, 2.75) is 19.4 Å². The van der Waals surface area contributed by atoms with Crippen LogP contribution >= 0.6 is 23.2 Å². The molecule has 0 spiro atoms. The molecule has 6 heteroatoms. The summed E-state index contributed by atoms with van der Waals surface area (Å²) >= 11 is 11.8. The molecule has 0 heterocycles. The Morgan fingerprint density at radius 1 is 1.00 bits per heavy atom. The lowest BCUT2D eigenvalue weighted by atomic mass is 10.1. The molecule has 1 amide bonds. The Kier molecular flexibility index (Phi) is 6.13. The minimum atomic E-state index is -0.404. The molecule has 0 aliphatic rings. The Morgan fingerprint density at radius 3 is 2.35 bits per heavy atom. The van der Waals surface area contributed by atoms with Crippen LogP contribution in [0.2, 0.25) is 10.0 Å². The van der Waals surface area contributed by atoms with Crippen molar-refractivity contribution < 1.29 is 14.0 Å². The maximum absolute atomic E-state index is 12.8. The molecule has 0 aromatic heterocycles. The van der Waals surface area contributed by atoms with E-state index in [1.807, 2.05) is 0 Å². The van der Waals surface area contributed by atoms with Crippen molar-refractivity contribution >= 4 is 34.9 Å². The van der Waals surface area contributed by atoms with E-state index in [9.17, 15) is 14.0 Å². The number of amides is 1. The molecule has 0 aliphatic heterocycles. The van der Waals surface area contributed by atoms with Crippen LogP contribution < -0.4 is 5.32 Å². The highest BCUT2D eigenvalue weighted by Gasteiger charge is 2.10. The number of nitrogens with one attached hydrogen (secondary N) is 1. The third-order valence-electron chi connectivity index (χ3n) is 3.24. The fourth-order valence-corrected chi connectivity index (χ4v) is 2.43. The second-order valence-corrected chi connectivity index (χ2v) is 5.79. The molecule has 0 radical (unpaired) electrons. The molecule has 0 unspecified atom stereocenters. The molecule has 0 saturated carbocycles. The summed E-state index contributed by atoms with van der Waals surface area (Å²) in [6.45, 7) is 0.263. The fourth-order valence-electron chi connectivity index (χ4n) is 1.95. The number of benzene rings is 2. The van der Waals surface area contributed by atoms with Gasteiger partial charge in [-0.3, -0.25) is 9.59 Å². The summed E-state index contributed by atoms with van der Waals surface area (Å²) in [6, 6.07) is 10.3. The first kappa shape index (κ1) is 17.4. The van der Waals surface area contributed by atoms with Crippen molar-refractivity contribution in [2.75, 3.05) is 0 Å². The van der Waals surface area contributed by atoms with Crippen molar-refractivity contribution in [1.29, 1.82) is 0 Å². The molecule has 0 atom stereocenters. The Morgan fingerprint density at radius 2 is 1.70 bits per heavy atom. The predicted molar refractivity (Wildman–Crippen MR) is 88.3 cm³/mol. The maximum Gasteiger partial charge on any atom is 0.220 e. The highest BCUT2D eigenvalue weighted by Crippen LogP contribution is 2.20. The molecule has 2 aromatic carbocycles. The summed E-state index contributed by atoms with van der Waals surface area (Å²) < 4.78 is 12.8. The van der Waals surface area contributed by atoms with Crippen molar-refractivity contribution in [1.82, 2.24) is 5.32 Å². The minimum absolute atomic E-state index is 0.0570. The van der Waals surface area contributed by atoms with Crippen molar-refractivity contribution in [3.8, 4) is 0 Å². The number of hydrogen-bond acceptors (Lipinski definition) is 2. The third kappa shape index (κ3) is 5.34. The van der Waals surface area contributed by atoms with Gasteiger partial charge in [0.15, 0.2) is 5.78 Å². The number of rotatable bonds is 6. The highest BCUT2D eigenvalue weighted by molar-refractivity contribution is 6.35. The lowest BCUT2D eigenvalue weighted by molar-refractivity contribution is -0.121. The zero-order chi connectivity index (χ0) is 16.8. The molecule has 0 aliphatic carbocycles. The molecular weight excluding hydrogens is 340 g/mol. The van der Waals surface area contributed by atoms with Gasteiger partial charge in [0.2, 0.25) is 5.91 Å². The van der Waals surface area contributed by atoms with E-state index in [1.54, 1.807) is 18.2 Å². The van der Waals surface area contributed by atoms with Crippen LogP contribution in [0.25, 0.3) is 0 Å². The SMILES string of the molecule is O=C(CCC(=O)c1ccc(F)cc1)NCc1ccc(Cl)cc1Cl. The average Bonchev–Trinajstić information content (AvgIpc) is 2.52. The second kappa shape index (κ2) is 8.09. The van der Waals surface area contributed by atoms with Gasteiger partial charge in [0.1, 0.15) is 5.82 Å². The van der Waals surface area contributed by atoms with Crippen LogP contribution in [-0.4, -0.2) is 11.7 Å². The topological polar surface area (TPSA) is 46.2 Å². The van der Waals surface area contributed by atoms with Gasteiger partial charge in [0, 0.05) is 35.0 Å². The van der Waals surface area contributed by atoms with Gasteiger partial charge in [0.05, 0.1) is 0 Å². The van der Waals surface area contributed by atoms with Gasteiger partial charge in [-0.25, -0.2) is 4.39 Å². The van der Waals surface area contributed by atoms with Crippen LogP contribution in [-0.2, 0) is 11.3 Å². The maximum atomic E-state index is 12.8. The molecule has 120 valence electrons. The molecule has 0 saturated heterocycles. The molecule has 0 bridgehead atoms. The van der Waals surface area contributed by atoms with Gasteiger partial charge in [-0.05, 0) is 42.0 Å². The fraction of sp³-hybridized carbons (Fsp3) is 0.176. The van der Waals surface area contributed by atoms with E-state index >= 15 is 0 Å². The number of ketones is 1. The van der Waals surface area contributed by atoms with Crippen molar-refractivity contribution in [3.05, 3.63) is 69.5 Å². The zero-order valence-electron chi connectivity index (χ0n) is 12.1. The standard InChI is InChI=1S/C17H14Cl2FNO2/c18-13-4-1-12(15(19)9-13)10-21-17(23)8-7-16(22)11-2-5-14(20)6-3-11/h1-6,9H,7-8,10H2,(H,21,23). The van der Waals surface area contributed by atoms with E-state index in [-0.39, 0.29) is 31.1 Å². The first-order chi connectivity index (χ1) is 11.0. The molecule has 23 heavy (non-hydrogen) atoms. The molecule has 1 N–H and O–H groups in total. The summed E-state index contributed by atoms with van der Waals surface area (Å²) in [4.78, 5) is 23.7. The second-order valence-electron chi connectivity index (χ2n) is 4.94. The predicted octanol–water partition coefficient (Wildman–Crippen LogP) is 4.41. The molecule has 3 nitrogen and oxygen atoms in total. The summed E-state index contributed by atoms with van der Waals surface area (Å²) in [5.41, 5.74) is 1.13. The molecule has 2 rings (SSSR count). The first-order valence-electron chi connectivity index (χ1n) is 6.95. The Balaban J connectivity index is 1.81. The van der Waals surface area contributed by atoms with Gasteiger partial charge < -0.3 is 5.32 Å².